The van der Waals surface area contributed by atoms with Crippen LogP contribution >= 0.6 is 0 Å². The zero-order chi connectivity index (χ0) is 14.9. The van der Waals surface area contributed by atoms with Gasteiger partial charge in [-0.1, -0.05) is 6.07 Å². The van der Waals surface area contributed by atoms with Gasteiger partial charge in [-0.3, -0.25) is 4.79 Å². The Kier molecular flexibility index (Phi) is 3.56. The highest BCUT2D eigenvalue weighted by Crippen LogP contribution is 2.40. The van der Waals surface area contributed by atoms with Gasteiger partial charge >= 0.3 is 0 Å². The molecule has 5 heteroatoms. The number of carbonyl (C=O) groups excluding carboxylic acids is 1. The molecule has 4 N–H and O–H groups in total. The number of benzene rings is 1. The summed E-state index contributed by atoms with van der Waals surface area (Å²) in [5.74, 6) is 0.643. The van der Waals surface area contributed by atoms with Crippen molar-refractivity contribution in [2.45, 2.75) is 19.3 Å². The average molecular weight is 284 g/mol. The number of carbonyl (C=O) groups is 1. The molecule has 1 saturated carbocycles. The minimum absolute atomic E-state index is 0.259. The lowest BCUT2D eigenvalue weighted by Gasteiger charge is -2.28. The van der Waals surface area contributed by atoms with Crippen LogP contribution in [0.2, 0.25) is 0 Å². The predicted octanol–water partition coefficient (Wildman–Crippen LogP) is 1.51. The van der Waals surface area contributed by atoms with Crippen molar-refractivity contribution in [3.8, 4) is 6.07 Å². The van der Waals surface area contributed by atoms with Gasteiger partial charge in [0.05, 0.1) is 22.4 Å². The van der Waals surface area contributed by atoms with Crippen molar-refractivity contribution in [3.05, 3.63) is 23.8 Å². The summed E-state index contributed by atoms with van der Waals surface area (Å²) in [5, 5.41) is 15.6. The smallest absolute Gasteiger partial charge is 0.145 e. The molecule has 0 bridgehead atoms. The molecule has 0 radical (unpaired) electrons. The van der Waals surface area contributed by atoms with Crippen molar-refractivity contribution in [2.24, 2.45) is 11.3 Å². The second kappa shape index (κ2) is 5.38. The maximum absolute atomic E-state index is 12.6. The first kappa shape index (κ1) is 13.9. The van der Waals surface area contributed by atoms with Crippen LogP contribution in [0, 0.1) is 22.7 Å². The highest BCUT2D eigenvalue weighted by molar-refractivity contribution is 5.90. The van der Waals surface area contributed by atoms with E-state index in [0.717, 1.165) is 38.0 Å². The fourth-order valence-corrected chi connectivity index (χ4v) is 3.05. The molecule has 1 aliphatic carbocycles. The molecule has 2 aliphatic rings. The number of hydrogen-bond acceptors (Lipinski definition) is 5. The number of rotatable bonds is 5. The lowest BCUT2D eigenvalue weighted by Crippen LogP contribution is -2.41. The van der Waals surface area contributed by atoms with Crippen molar-refractivity contribution >= 4 is 17.2 Å². The van der Waals surface area contributed by atoms with E-state index in [2.05, 4.69) is 16.7 Å². The number of nitrogens with two attached hydrogens (primary N) is 1. The minimum atomic E-state index is -0.323. The minimum Gasteiger partial charge on any atom is -0.396 e. The third-order valence-corrected chi connectivity index (χ3v) is 4.56. The summed E-state index contributed by atoms with van der Waals surface area (Å²) in [6, 6.07) is 7.44. The maximum atomic E-state index is 12.6. The SMILES string of the molecule is N#Cc1cccc(NC[C@]2(C(=O)C3CC3)CCNC2)c1N. The quantitative estimate of drug-likeness (QED) is 0.713. The first-order chi connectivity index (χ1) is 10.2. The van der Waals surface area contributed by atoms with Gasteiger partial charge < -0.3 is 16.4 Å². The van der Waals surface area contributed by atoms with Gasteiger partial charge in [0, 0.05) is 19.0 Å². The second-order valence-electron chi connectivity index (χ2n) is 6.08. The molecule has 3 rings (SSSR count). The summed E-state index contributed by atoms with van der Waals surface area (Å²) in [7, 11) is 0. The van der Waals surface area contributed by atoms with Gasteiger partial charge in [0.1, 0.15) is 11.9 Å². The van der Waals surface area contributed by atoms with Gasteiger partial charge in [-0.05, 0) is 37.9 Å². The van der Waals surface area contributed by atoms with Crippen LogP contribution < -0.4 is 16.4 Å². The Bertz CT molecular complexity index is 595. The van der Waals surface area contributed by atoms with E-state index in [1.807, 2.05) is 6.07 Å². The average Bonchev–Trinajstić information content (AvgIpc) is 3.24. The van der Waals surface area contributed by atoms with Gasteiger partial charge in [-0.25, -0.2) is 0 Å². The molecule has 21 heavy (non-hydrogen) atoms. The summed E-state index contributed by atoms with van der Waals surface area (Å²) in [5.41, 5.74) is 7.32. The molecule has 1 atom stereocenters. The number of Topliss-reactive ketones (excluding diaryl/α,β-unsaturated/α-hetero) is 1. The Morgan fingerprint density at radius 1 is 1.52 bits per heavy atom. The number of para-hydroxylation sites is 1. The van der Waals surface area contributed by atoms with Crippen LogP contribution in [0.25, 0.3) is 0 Å². The van der Waals surface area contributed by atoms with Gasteiger partial charge in [0.2, 0.25) is 0 Å². The van der Waals surface area contributed by atoms with Gasteiger partial charge in [-0.2, -0.15) is 5.26 Å². The molecular weight excluding hydrogens is 264 g/mol. The summed E-state index contributed by atoms with van der Waals surface area (Å²) in [6.07, 6.45) is 2.94. The molecule has 5 nitrogen and oxygen atoms in total. The molecule has 0 amide bonds. The Morgan fingerprint density at radius 3 is 2.95 bits per heavy atom. The number of nitrogens with zero attached hydrogens (tertiary/aromatic N) is 1. The lowest BCUT2D eigenvalue weighted by molar-refractivity contribution is -0.128. The van der Waals surface area contributed by atoms with Crippen molar-refractivity contribution in [1.29, 1.82) is 5.26 Å². The Morgan fingerprint density at radius 2 is 2.33 bits per heavy atom. The molecular formula is C16H20N4O. The zero-order valence-corrected chi connectivity index (χ0v) is 12.0. The molecule has 2 fully saturated rings. The third kappa shape index (κ3) is 2.59. The normalized spacial score (nSPS) is 24.5. The van der Waals surface area contributed by atoms with Crippen molar-refractivity contribution in [3.63, 3.8) is 0 Å². The number of nitrogen functional groups attached to an aromatic ring is 1. The maximum Gasteiger partial charge on any atom is 0.145 e. The molecule has 110 valence electrons. The van der Waals surface area contributed by atoms with Crippen LogP contribution in [-0.2, 0) is 4.79 Å². The van der Waals surface area contributed by atoms with E-state index < -0.39 is 0 Å². The van der Waals surface area contributed by atoms with E-state index in [9.17, 15) is 4.79 Å². The zero-order valence-electron chi connectivity index (χ0n) is 12.0. The van der Waals surface area contributed by atoms with E-state index in [-0.39, 0.29) is 11.3 Å². The fourth-order valence-electron chi connectivity index (χ4n) is 3.05. The van der Waals surface area contributed by atoms with Crippen molar-refractivity contribution in [2.75, 3.05) is 30.7 Å². The summed E-state index contributed by atoms with van der Waals surface area (Å²) >= 11 is 0. The molecule has 1 aromatic rings. The van der Waals surface area contributed by atoms with Gasteiger partial charge in [-0.15, -0.1) is 0 Å². The largest absolute Gasteiger partial charge is 0.396 e. The molecule has 1 heterocycles. The Balaban J connectivity index is 1.76. The monoisotopic (exact) mass is 284 g/mol. The number of anilines is 2. The Labute approximate surface area is 124 Å². The Hall–Kier alpha value is -2.06. The van der Waals surface area contributed by atoms with E-state index in [4.69, 9.17) is 11.0 Å². The highest BCUT2D eigenvalue weighted by Gasteiger charge is 2.47. The van der Waals surface area contributed by atoms with Crippen LogP contribution in [-0.4, -0.2) is 25.4 Å². The molecule has 1 saturated heterocycles. The van der Waals surface area contributed by atoms with E-state index >= 15 is 0 Å². The van der Waals surface area contributed by atoms with Crippen LogP contribution in [0.3, 0.4) is 0 Å². The molecule has 0 unspecified atom stereocenters. The van der Waals surface area contributed by atoms with Gasteiger partial charge in [0.25, 0.3) is 0 Å². The summed E-state index contributed by atoms with van der Waals surface area (Å²) < 4.78 is 0. The van der Waals surface area contributed by atoms with Crippen LogP contribution in [0.4, 0.5) is 11.4 Å². The number of nitrogens with one attached hydrogen (secondary N) is 2. The fraction of sp³-hybridized carbons (Fsp3) is 0.500. The first-order valence-corrected chi connectivity index (χ1v) is 7.44. The topological polar surface area (TPSA) is 90.9 Å². The van der Waals surface area contributed by atoms with Crippen LogP contribution in [0.5, 0.6) is 0 Å². The molecule has 1 aromatic carbocycles. The molecule has 1 aliphatic heterocycles. The summed E-state index contributed by atoms with van der Waals surface area (Å²) in [4.78, 5) is 12.6. The van der Waals surface area contributed by atoms with E-state index in [1.165, 1.54) is 0 Å². The van der Waals surface area contributed by atoms with Gasteiger partial charge in [0.15, 0.2) is 0 Å². The number of nitriles is 1. The molecule has 0 spiro atoms. The van der Waals surface area contributed by atoms with Crippen molar-refractivity contribution in [1.82, 2.24) is 5.32 Å². The first-order valence-electron chi connectivity index (χ1n) is 7.44. The number of hydrogen-bond donors (Lipinski definition) is 3. The second-order valence-corrected chi connectivity index (χ2v) is 6.08. The predicted molar refractivity (Wildman–Crippen MR) is 81.7 cm³/mol. The highest BCUT2D eigenvalue weighted by atomic mass is 16.1. The van der Waals surface area contributed by atoms with Crippen LogP contribution in [0.1, 0.15) is 24.8 Å². The van der Waals surface area contributed by atoms with Crippen molar-refractivity contribution < 1.29 is 4.79 Å². The third-order valence-electron chi connectivity index (χ3n) is 4.56. The standard InChI is InChI=1S/C16H20N4O/c17-8-12-2-1-3-13(14(12)18)20-10-16(6-7-19-9-16)15(21)11-4-5-11/h1-3,11,19-20H,4-7,9-10,18H2/t16-/m0/s1. The number of ketones is 1. The van der Waals surface area contributed by atoms with Crippen LogP contribution in [0.15, 0.2) is 18.2 Å². The van der Waals surface area contributed by atoms with E-state index in [1.54, 1.807) is 12.1 Å². The molecule has 0 aromatic heterocycles. The lowest BCUT2D eigenvalue weighted by atomic mass is 9.80. The summed E-state index contributed by atoms with van der Waals surface area (Å²) in [6.45, 7) is 2.19. The van der Waals surface area contributed by atoms with E-state index in [0.29, 0.717) is 23.6 Å².